The Bertz CT molecular complexity index is 802. The van der Waals surface area contributed by atoms with E-state index in [4.69, 9.17) is 5.26 Å². The van der Waals surface area contributed by atoms with Crippen molar-refractivity contribution in [3.05, 3.63) is 60.7 Å². The third-order valence-electron chi connectivity index (χ3n) is 4.21. The van der Waals surface area contributed by atoms with Gasteiger partial charge in [0.25, 0.3) is 0 Å². The minimum atomic E-state index is -11.2. The van der Waals surface area contributed by atoms with Crippen LogP contribution in [0.5, 0.6) is 0 Å². The molecule has 186 valence electrons. The van der Waals surface area contributed by atoms with E-state index in [9.17, 15) is 16.9 Å². The van der Waals surface area contributed by atoms with Crippen molar-refractivity contribution in [3.8, 4) is 6.07 Å². The van der Waals surface area contributed by atoms with Crippen LogP contribution in [0.1, 0.15) is 48.5 Å². The van der Waals surface area contributed by atoms with E-state index in [0.29, 0.717) is 0 Å². The summed E-state index contributed by atoms with van der Waals surface area (Å²) in [5, 5.41) is 10.6. The monoisotopic (exact) mass is 771 g/mol. The molecular weight excluding hydrogens is 742 g/mol. The van der Waals surface area contributed by atoms with Crippen molar-refractivity contribution < 1.29 is 39.3 Å². The van der Waals surface area contributed by atoms with Crippen LogP contribution in [0.15, 0.2) is 54.6 Å². The standard InChI is InChI=1S/C20H27P.C2H3N.Au.6FH.Sb/c1-19(2,3)21(20(4,5)6,17-13-9-7-10-14-17)18-15-11-8-12-16-18;1-2-3;;;;;;;;/h7-15H,1-6H3;1H3;;6*1H;/q;;+1;;;;;;;+5/p-6. The molecule has 0 fully saturated rings. The molecule has 0 amide bonds. The van der Waals surface area contributed by atoms with Crippen molar-refractivity contribution in [2.75, 3.05) is 0 Å². The molecule has 32 heavy (non-hydrogen) atoms. The van der Waals surface area contributed by atoms with Crippen LogP contribution in [-0.4, -0.2) is 29.8 Å². The zero-order valence-electron chi connectivity index (χ0n) is 19.1. The first-order valence-corrected chi connectivity index (χ1v) is 16.9. The summed E-state index contributed by atoms with van der Waals surface area (Å²) in [6, 6.07) is 24.9. The van der Waals surface area contributed by atoms with Crippen molar-refractivity contribution in [2.45, 2.75) is 58.8 Å². The first kappa shape index (κ1) is 33.7. The summed E-state index contributed by atoms with van der Waals surface area (Å²) < 4.78 is 59.6. The molecule has 2 rings (SSSR count). The fraction of sp³-hybridized carbons (Fsp3) is 0.409. The van der Waals surface area contributed by atoms with Gasteiger partial charge in [-0.2, -0.15) is 23.5 Å². The second-order valence-corrected chi connectivity index (χ2v) is 19.3. The summed E-state index contributed by atoms with van der Waals surface area (Å²) in [5.74, 6) is 0. The zero-order chi connectivity index (χ0) is 24.8. The predicted molar refractivity (Wildman–Crippen MR) is 121 cm³/mol. The van der Waals surface area contributed by atoms with Gasteiger partial charge in [0.15, 0.2) is 0 Å². The third kappa shape index (κ3) is 11.6. The minimum absolute atomic E-state index is 0. The van der Waals surface area contributed by atoms with Gasteiger partial charge in [-0.3, -0.25) is 0 Å². The molecule has 0 saturated carbocycles. The van der Waals surface area contributed by atoms with Crippen molar-refractivity contribution in [1.82, 2.24) is 0 Å². The Balaban J connectivity index is 0. The molecule has 0 aromatic heterocycles. The Hall–Kier alpha value is -0.502. The van der Waals surface area contributed by atoms with Gasteiger partial charge < -0.3 is 0 Å². The number of hydrogen-bond acceptors (Lipinski definition) is 1. The van der Waals surface area contributed by atoms with Gasteiger partial charge in [-0.15, -0.1) is 12.1 Å². The molecule has 10 heteroatoms. The van der Waals surface area contributed by atoms with E-state index in [1.54, 1.807) is 6.07 Å². The molecule has 0 bridgehead atoms. The van der Waals surface area contributed by atoms with Crippen molar-refractivity contribution in [1.29, 1.82) is 5.26 Å². The fourth-order valence-electron chi connectivity index (χ4n) is 3.89. The zero-order valence-corrected chi connectivity index (χ0v) is 24.7. The van der Waals surface area contributed by atoms with Crippen molar-refractivity contribution in [3.63, 3.8) is 0 Å². The molecule has 0 spiro atoms. The van der Waals surface area contributed by atoms with Crippen LogP contribution in [0.25, 0.3) is 0 Å². The topological polar surface area (TPSA) is 23.8 Å². The van der Waals surface area contributed by atoms with Crippen LogP contribution in [0.3, 0.4) is 0 Å². The van der Waals surface area contributed by atoms with E-state index in [1.165, 1.54) is 17.5 Å². The summed E-state index contributed by atoms with van der Waals surface area (Å²) in [7, 11) is -1.62. The summed E-state index contributed by atoms with van der Waals surface area (Å²) in [4.78, 5) is 0. The van der Waals surface area contributed by atoms with Gasteiger partial charge in [0, 0.05) is 6.92 Å². The van der Waals surface area contributed by atoms with Gasteiger partial charge >= 0.3 is 58.7 Å². The van der Waals surface area contributed by atoms with Crippen molar-refractivity contribution >= 4 is 37.3 Å². The molecule has 0 aliphatic rings. The predicted octanol–water partition coefficient (Wildman–Crippen LogP) is 7.72. The molecule has 0 saturated heterocycles. The number of nitrogens with zero attached hydrogens (tertiary/aromatic N) is 1. The molecule has 2 aromatic carbocycles. The van der Waals surface area contributed by atoms with Crippen LogP contribution in [0.2, 0.25) is 0 Å². The molecule has 0 radical (unpaired) electrons. The Kier molecular flexibility index (Phi) is 11.4. The molecule has 0 aliphatic carbocycles. The Morgan fingerprint density at radius 1 is 0.781 bits per heavy atom. The molecule has 2 aromatic rings. The van der Waals surface area contributed by atoms with Gasteiger partial charge in [-0.25, -0.2) is 0 Å². The molecule has 0 heterocycles. The SMILES string of the molecule is CC#N.CC(C)(C)[P+](c1[c-]cccc1)(c1ccccc1)C(C)(C)C.[Au+].[F][Sb-]([F])([F])([F])([F])[F]. The van der Waals surface area contributed by atoms with Gasteiger partial charge in [0.1, 0.15) is 0 Å². The molecule has 0 aliphatic heterocycles. The fourth-order valence-corrected chi connectivity index (χ4v) is 10.4. The van der Waals surface area contributed by atoms with E-state index in [1.807, 2.05) is 0 Å². The number of hydrogen-bond donors (Lipinski definition) is 0. The van der Waals surface area contributed by atoms with Crippen LogP contribution in [0.4, 0.5) is 16.9 Å². The van der Waals surface area contributed by atoms with E-state index in [0.717, 1.165) is 0 Å². The number of benzene rings is 2. The molecule has 0 unspecified atom stereocenters. The van der Waals surface area contributed by atoms with Crippen LogP contribution >= 0.6 is 7.26 Å². The Morgan fingerprint density at radius 2 is 1.12 bits per heavy atom. The summed E-state index contributed by atoms with van der Waals surface area (Å²) in [6.07, 6.45) is 0. The average Bonchev–Trinajstić information content (AvgIpc) is 2.52. The number of halogens is 6. The molecular formula is C22H30AuF6NPSb. The van der Waals surface area contributed by atoms with E-state index in [2.05, 4.69) is 102 Å². The summed E-state index contributed by atoms with van der Waals surface area (Å²) in [5.41, 5.74) is 0. The first-order valence-electron chi connectivity index (χ1n) is 9.37. The quantitative estimate of drug-likeness (QED) is 0.133. The maximum absolute atomic E-state index is 11.2. The second kappa shape index (κ2) is 10.8. The number of nitriles is 1. The van der Waals surface area contributed by atoms with Crippen molar-refractivity contribution in [2.24, 2.45) is 0 Å². The Morgan fingerprint density at radius 3 is 1.41 bits per heavy atom. The van der Waals surface area contributed by atoms with Gasteiger partial charge in [0.05, 0.1) is 28.9 Å². The van der Waals surface area contributed by atoms with Crippen LogP contribution < -0.4 is 10.6 Å². The van der Waals surface area contributed by atoms with Crippen LogP contribution in [-0.2, 0) is 22.4 Å². The van der Waals surface area contributed by atoms with Crippen LogP contribution in [0, 0.1) is 17.4 Å². The average molecular weight is 772 g/mol. The van der Waals surface area contributed by atoms with E-state index >= 15 is 0 Å². The molecule has 0 atom stereocenters. The first-order chi connectivity index (χ1) is 13.6. The van der Waals surface area contributed by atoms with Gasteiger partial charge in [0.2, 0.25) is 0 Å². The molecule has 1 nitrogen and oxygen atoms in total. The van der Waals surface area contributed by atoms with E-state index < -0.39 is 26.7 Å². The maximum atomic E-state index is 9.93. The summed E-state index contributed by atoms with van der Waals surface area (Å²) in [6.45, 7) is 15.8. The van der Waals surface area contributed by atoms with Gasteiger partial charge in [-0.1, -0.05) is 18.2 Å². The normalized spacial score (nSPS) is 14.0. The van der Waals surface area contributed by atoms with E-state index in [-0.39, 0.29) is 32.7 Å². The number of rotatable bonds is 2. The summed E-state index contributed by atoms with van der Waals surface area (Å²) >= 11 is -11.2. The van der Waals surface area contributed by atoms with Gasteiger partial charge in [-0.05, 0) is 59.0 Å². The third-order valence-corrected chi connectivity index (χ3v) is 10.3. The second-order valence-electron chi connectivity index (χ2n) is 8.78. The Labute approximate surface area is 206 Å². The molecule has 0 N–H and O–H groups in total.